The second-order valence-electron chi connectivity index (χ2n) is 4.76. The molecular weight excluding hydrogens is 370 g/mol. The summed E-state index contributed by atoms with van der Waals surface area (Å²) in [6, 6.07) is 7.15. The molecule has 2 rings (SSSR count). The van der Waals surface area contributed by atoms with Crippen molar-refractivity contribution in [3.8, 4) is 0 Å². The highest BCUT2D eigenvalue weighted by Gasteiger charge is 2.28. The molecule has 0 saturated carbocycles. The minimum Gasteiger partial charge on any atom is -0.452 e. The Labute approximate surface area is 132 Å². The summed E-state index contributed by atoms with van der Waals surface area (Å²) in [7, 11) is -0.0171. The molecule has 0 aliphatic carbocycles. The number of likely N-dealkylation sites (tertiary alicyclic amines) is 1. The predicted octanol–water partition coefficient (Wildman–Crippen LogP) is 0.313. The Balaban J connectivity index is 1.87. The molecule has 1 atom stereocenters. The lowest BCUT2D eigenvalue weighted by molar-refractivity contribution is -0.129. The average molecular weight is 386 g/mol. The van der Waals surface area contributed by atoms with Gasteiger partial charge in [-0.3, -0.25) is 9.59 Å². The fraction of sp³-hybridized carbons (Fsp3) is 0.385. The van der Waals surface area contributed by atoms with Crippen molar-refractivity contribution in [1.29, 1.82) is 0 Å². The van der Waals surface area contributed by atoms with Crippen LogP contribution >= 0.6 is 22.6 Å². The van der Waals surface area contributed by atoms with Gasteiger partial charge in [0, 0.05) is 21.6 Å². The minimum absolute atomic E-state index is 0.0171. The third kappa shape index (κ3) is 3.72. The van der Waals surface area contributed by atoms with Gasteiger partial charge < -0.3 is 15.2 Å². The SMILES string of the molecule is O=C(NCC(=O)N1CCCC1BO)c1ccc(I)cc1. The summed E-state index contributed by atoms with van der Waals surface area (Å²) in [5.74, 6) is -0.493. The van der Waals surface area contributed by atoms with Crippen LogP contribution in [0.1, 0.15) is 23.2 Å². The quantitative estimate of drug-likeness (QED) is 0.579. The van der Waals surface area contributed by atoms with E-state index in [9.17, 15) is 14.6 Å². The van der Waals surface area contributed by atoms with Crippen LogP contribution in [0, 0.1) is 3.57 Å². The van der Waals surface area contributed by atoms with E-state index in [0.29, 0.717) is 12.1 Å². The molecule has 106 valence electrons. The van der Waals surface area contributed by atoms with Gasteiger partial charge in [-0.05, 0) is 59.7 Å². The first-order valence-electron chi connectivity index (χ1n) is 6.56. The number of nitrogens with zero attached hydrogens (tertiary/aromatic N) is 1. The molecule has 1 aliphatic rings. The Morgan fingerprint density at radius 2 is 2.10 bits per heavy atom. The highest BCUT2D eigenvalue weighted by atomic mass is 127. The largest absolute Gasteiger partial charge is 0.452 e. The number of carbonyl (C=O) groups excluding carboxylic acids is 2. The van der Waals surface area contributed by atoms with Crippen molar-refractivity contribution in [2.75, 3.05) is 13.1 Å². The molecule has 2 N–H and O–H groups in total. The molecule has 1 fully saturated rings. The van der Waals surface area contributed by atoms with Crippen LogP contribution in [0.3, 0.4) is 0 Å². The van der Waals surface area contributed by atoms with Crippen molar-refractivity contribution in [3.63, 3.8) is 0 Å². The lowest BCUT2D eigenvalue weighted by Gasteiger charge is -2.22. The first kappa shape index (κ1) is 15.3. The summed E-state index contributed by atoms with van der Waals surface area (Å²) < 4.78 is 1.05. The topological polar surface area (TPSA) is 69.6 Å². The van der Waals surface area contributed by atoms with Crippen molar-refractivity contribution in [2.24, 2.45) is 0 Å². The molecule has 1 saturated heterocycles. The Kier molecular flexibility index (Phi) is 5.42. The summed E-state index contributed by atoms with van der Waals surface area (Å²) >= 11 is 2.17. The van der Waals surface area contributed by atoms with Crippen LogP contribution in [0.25, 0.3) is 0 Å². The third-order valence-electron chi connectivity index (χ3n) is 3.41. The van der Waals surface area contributed by atoms with Crippen molar-refractivity contribution in [1.82, 2.24) is 10.2 Å². The first-order chi connectivity index (χ1) is 9.61. The maximum absolute atomic E-state index is 12.0. The zero-order valence-electron chi connectivity index (χ0n) is 11.0. The number of amides is 2. The maximum atomic E-state index is 12.0. The summed E-state index contributed by atoms with van der Waals surface area (Å²) in [5.41, 5.74) is 0.540. The molecule has 0 bridgehead atoms. The van der Waals surface area contributed by atoms with E-state index in [4.69, 9.17) is 0 Å². The van der Waals surface area contributed by atoms with Gasteiger partial charge in [0.05, 0.1) is 6.54 Å². The number of hydrogen-bond acceptors (Lipinski definition) is 3. The fourth-order valence-electron chi connectivity index (χ4n) is 2.31. The zero-order valence-corrected chi connectivity index (χ0v) is 13.2. The van der Waals surface area contributed by atoms with E-state index in [0.717, 1.165) is 16.4 Å². The fourth-order valence-corrected chi connectivity index (χ4v) is 2.67. The highest BCUT2D eigenvalue weighted by molar-refractivity contribution is 14.1. The van der Waals surface area contributed by atoms with Crippen LogP contribution < -0.4 is 5.32 Å². The molecule has 1 heterocycles. The molecule has 1 aliphatic heterocycles. The van der Waals surface area contributed by atoms with Gasteiger partial charge in [-0.1, -0.05) is 0 Å². The smallest absolute Gasteiger partial charge is 0.293 e. The molecule has 20 heavy (non-hydrogen) atoms. The van der Waals surface area contributed by atoms with E-state index in [1.54, 1.807) is 17.0 Å². The van der Waals surface area contributed by atoms with Crippen LogP contribution in [0.2, 0.25) is 0 Å². The highest BCUT2D eigenvalue weighted by Crippen LogP contribution is 2.15. The van der Waals surface area contributed by atoms with E-state index < -0.39 is 0 Å². The first-order valence-corrected chi connectivity index (χ1v) is 7.64. The Morgan fingerprint density at radius 1 is 1.40 bits per heavy atom. The Hall–Kier alpha value is -1.09. The second-order valence-corrected chi connectivity index (χ2v) is 6.00. The minimum atomic E-state index is -0.255. The zero-order chi connectivity index (χ0) is 14.5. The summed E-state index contributed by atoms with van der Waals surface area (Å²) in [5, 5.41) is 11.8. The summed E-state index contributed by atoms with van der Waals surface area (Å²) in [6.45, 7) is 0.630. The monoisotopic (exact) mass is 386 g/mol. The van der Waals surface area contributed by atoms with Crippen LogP contribution in [-0.2, 0) is 4.79 Å². The molecule has 5 nitrogen and oxygen atoms in total. The van der Waals surface area contributed by atoms with E-state index in [1.807, 2.05) is 12.1 Å². The van der Waals surface area contributed by atoms with E-state index >= 15 is 0 Å². The number of carbonyl (C=O) groups is 2. The van der Waals surface area contributed by atoms with E-state index in [1.165, 1.54) is 0 Å². The molecule has 1 aromatic rings. The molecule has 1 unspecified atom stereocenters. The van der Waals surface area contributed by atoms with Crippen LogP contribution in [-0.4, -0.2) is 48.3 Å². The maximum Gasteiger partial charge on any atom is 0.293 e. The number of halogens is 1. The third-order valence-corrected chi connectivity index (χ3v) is 4.13. The molecular formula is C13H16BIN2O3. The normalized spacial score (nSPS) is 17.9. The molecule has 0 spiro atoms. The number of benzene rings is 1. The molecule has 0 aromatic heterocycles. The van der Waals surface area contributed by atoms with Crippen LogP contribution in [0.15, 0.2) is 24.3 Å². The van der Waals surface area contributed by atoms with Crippen molar-refractivity contribution < 1.29 is 14.6 Å². The van der Waals surface area contributed by atoms with Gasteiger partial charge in [0.2, 0.25) is 5.91 Å². The molecule has 0 radical (unpaired) electrons. The van der Waals surface area contributed by atoms with Crippen molar-refractivity contribution in [3.05, 3.63) is 33.4 Å². The lowest BCUT2D eigenvalue weighted by atomic mass is 9.86. The standard InChI is InChI=1S/C13H16BIN2O3/c15-10-5-3-9(4-6-10)13(19)16-8-12(18)17-7-1-2-11(17)14-20/h3-6,11,14,20H,1-2,7-8H2,(H,16,19). The summed E-state index contributed by atoms with van der Waals surface area (Å²) in [6.07, 6.45) is 1.73. The van der Waals surface area contributed by atoms with Gasteiger partial charge in [0.25, 0.3) is 13.4 Å². The Bertz CT molecular complexity index is 495. The van der Waals surface area contributed by atoms with Gasteiger partial charge in [-0.2, -0.15) is 0 Å². The predicted molar refractivity (Wildman–Crippen MR) is 85.6 cm³/mol. The van der Waals surface area contributed by atoms with Crippen molar-refractivity contribution >= 4 is 41.9 Å². The second kappa shape index (κ2) is 7.08. The number of hydrogen-bond donors (Lipinski definition) is 2. The van der Waals surface area contributed by atoms with Gasteiger partial charge in [0.1, 0.15) is 0 Å². The average Bonchev–Trinajstić information content (AvgIpc) is 2.93. The van der Waals surface area contributed by atoms with E-state index in [2.05, 4.69) is 27.9 Å². The molecule has 7 heteroatoms. The number of rotatable bonds is 4. The van der Waals surface area contributed by atoms with Crippen LogP contribution in [0.5, 0.6) is 0 Å². The Morgan fingerprint density at radius 3 is 2.75 bits per heavy atom. The van der Waals surface area contributed by atoms with Gasteiger partial charge in [0.15, 0.2) is 0 Å². The molecule has 2 amide bonds. The van der Waals surface area contributed by atoms with Crippen LogP contribution in [0.4, 0.5) is 0 Å². The lowest BCUT2D eigenvalue weighted by Crippen LogP contribution is -2.44. The van der Waals surface area contributed by atoms with Gasteiger partial charge >= 0.3 is 0 Å². The molecule has 1 aromatic carbocycles. The van der Waals surface area contributed by atoms with Gasteiger partial charge in [-0.15, -0.1) is 0 Å². The number of nitrogens with one attached hydrogen (secondary N) is 1. The summed E-state index contributed by atoms with van der Waals surface area (Å²) in [4.78, 5) is 25.5. The van der Waals surface area contributed by atoms with E-state index in [-0.39, 0.29) is 31.8 Å². The van der Waals surface area contributed by atoms with Crippen molar-refractivity contribution in [2.45, 2.75) is 18.8 Å². The van der Waals surface area contributed by atoms with Gasteiger partial charge in [-0.25, -0.2) is 0 Å².